The maximum atomic E-state index is 11.9. The second kappa shape index (κ2) is 5.90. The summed E-state index contributed by atoms with van der Waals surface area (Å²) in [6.07, 6.45) is 0. The zero-order valence-electron chi connectivity index (χ0n) is 11.6. The quantitative estimate of drug-likeness (QED) is 0.920. The molecule has 1 aromatic heterocycles. The molecule has 0 saturated heterocycles. The number of rotatable bonds is 5. The van der Waals surface area contributed by atoms with E-state index in [1.54, 1.807) is 35.6 Å². The van der Waals surface area contributed by atoms with Crippen LogP contribution in [0, 0.1) is 6.92 Å². The number of anilines is 1. The number of nitrogens with one attached hydrogen (secondary N) is 1. The van der Waals surface area contributed by atoms with Crippen LogP contribution >= 0.6 is 11.3 Å². The van der Waals surface area contributed by atoms with E-state index in [4.69, 9.17) is 0 Å². The topological polar surface area (TPSA) is 62.3 Å². The zero-order valence-corrected chi connectivity index (χ0v) is 13.3. The summed E-state index contributed by atoms with van der Waals surface area (Å²) in [5, 5.41) is 6.23. The number of sulfonamides is 1. The molecule has 0 radical (unpaired) electrons. The third-order valence-corrected chi connectivity index (χ3v) is 5.54. The van der Waals surface area contributed by atoms with E-state index in [0.717, 1.165) is 16.4 Å². The molecule has 0 atom stereocenters. The molecular formula is C13H17N3O2S2. The molecule has 2 rings (SSSR count). The molecule has 0 aliphatic heterocycles. The molecule has 108 valence electrons. The van der Waals surface area contributed by atoms with Crippen molar-refractivity contribution >= 4 is 27.0 Å². The molecule has 0 fully saturated rings. The SMILES string of the molecule is Cc1csc(CNc2ccc(S(=O)(=O)N(C)C)cc2)n1. The summed E-state index contributed by atoms with van der Waals surface area (Å²) in [5.74, 6) is 0. The summed E-state index contributed by atoms with van der Waals surface area (Å²) in [5.41, 5.74) is 1.88. The van der Waals surface area contributed by atoms with Gasteiger partial charge in [-0.2, -0.15) is 0 Å². The highest BCUT2D eigenvalue weighted by molar-refractivity contribution is 7.89. The number of nitrogens with zero attached hydrogens (tertiary/aromatic N) is 2. The smallest absolute Gasteiger partial charge is 0.242 e. The molecular weight excluding hydrogens is 294 g/mol. The van der Waals surface area contributed by atoms with Crippen molar-refractivity contribution < 1.29 is 8.42 Å². The third kappa shape index (κ3) is 3.36. The van der Waals surface area contributed by atoms with Gasteiger partial charge in [0.05, 0.1) is 11.4 Å². The molecule has 7 heteroatoms. The second-order valence-electron chi connectivity index (χ2n) is 4.55. The van der Waals surface area contributed by atoms with Gasteiger partial charge in [-0.3, -0.25) is 0 Å². The van der Waals surface area contributed by atoms with Crippen molar-refractivity contribution in [1.29, 1.82) is 0 Å². The molecule has 5 nitrogen and oxygen atoms in total. The fourth-order valence-electron chi connectivity index (χ4n) is 1.62. The van der Waals surface area contributed by atoms with Crippen LogP contribution in [-0.4, -0.2) is 31.8 Å². The van der Waals surface area contributed by atoms with Crippen molar-refractivity contribution in [3.8, 4) is 0 Å². The number of benzene rings is 1. The van der Waals surface area contributed by atoms with E-state index in [9.17, 15) is 8.42 Å². The van der Waals surface area contributed by atoms with E-state index >= 15 is 0 Å². The van der Waals surface area contributed by atoms with Gasteiger partial charge in [-0.05, 0) is 31.2 Å². The molecule has 0 unspecified atom stereocenters. The van der Waals surface area contributed by atoms with Crippen LogP contribution in [0.5, 0.6) is 0 Å². The second-order valence-corrected chi connectivity index (χ2v) is 7.64. The van der Waals surface area contributed by atoms with Crippen LogP contribution < -0.4 is 5.32 Å². The molecule has 0 bridgehead atoms. The van der Waals surface area contributed by atoms with Crippen molar-refractivity contribution in [3.63, 3.8) is 0 Å². The number of aryl methyl sites for hydroxylation is 1. The van der Waals surface area contributed by atoms with E-state index in [1.807, 2.05) is 12.3 Å². The lowest BCUT2D eigenvalue weighted by atomic mass is 10.3. The summed E-state index contributed by atoms with van der Waals surface area (Å²) >= 11 is 1.60. The van der Waals surface area contributed by atoms with Crippen molar-refractivity contribution in [1.82, 2.24) is 9.29 Å². The molecule has 0 spiro atoms. The van der Waals surface area contributed by atoms with Crippen LogP contribution in [0.25, 0.3) is 0 Å². The van der Waals surface area contributed by atoms with Gasteiger partial charge >= 0.3 is 0 Å². The first-order valence-electron chi connectivity index (χ1n) is 6.07. The first-order chi connectivity index (χ1) is 9.39. The van der Waals surface area contributed by atoms with E-state index < -0.39 is 10.0 Å². The van der Waals surface area contributed by atoms with Crippen LogP contribution in [-0.2, 0) is 16.6 Å². The Morgan fingerprint density at radius 2 is 1.90 bits per heavy atom. The Hall–Kier alpha value is -1.44. The summed E-state index contributed by atoms with van der Waals surface area (Å²) < 4.78 is 25.0. The Morgan fingerprint density at radius 1 is 1.25 bits per heavy atom. The Kier molecular flexibility index (Phi) is 4.42. The lowest BCUT2D eigenvalue weighted by Gasteiger charge is -2.12. The van der Waals surface area contributed by atoms with Gasteiger partial charge < -0.3 is 5.32 Å². The summed E-state index contributed by atoms with van der Waals surface area (Å²) in [6.45, 7) is 2.60. The minimum atomic E-state index is -3.36. The molecule has 1 N–H and O–H groups in total. The van der Waals surface area contributed by atoms with Gasteiger partial charge in [-0.1, -0.05) is 0 Å². The van der Waals surface area contributed by atoms with Crippen molar-refractivity contribution in [2.75, 3.05) is 19.4 Å². The van der Waals surface area contributed by atoms with E-state index in [-0.39, 0.29) is 4.90 Å². The van der Waals surface area contributed by atoms with Gasteiger partial charge in [0.2, 0.25) is 10.0 Å². The molecule has 0 saturated carbocycles. The molecule has 0 amide bonds. The lowest BCUT2D eigenvalue weighted by molar-refractivity contribution is 0.521. The number of hydrogen-bond acceptors (Lipinski definition) is 5. The minimum absolute atomic E-state index is 0.290. The first kappa shape index (κ1) is 15.0. The van der Waals surface area contributed by atoms with Gasteiger partial charge in [0.25, 0.3) is 0 Å². The van der Waals surface area contributed by atoms with Crippen molar-refractivity contribution in [2.24, 2.45) is 0 Å². The van der Waals surface area contributed by atoms with Gasteiger partial charge in [-0.15, -0.1) is 11.3 Å². The summed E-state index contributed by atoms with van der Waals surface area (Å²) in [4.78, 5) is 4.65. The predicted octanol–water partition coefficient (Wildman–Crippen LogP) is 2.31. The zero-order chi connectivity index (χ0) is 14.8. The van der Waals surface area contributed by atoms with Gasteiger partial charge in [-0.25, -0.2) is 17.7 Å². The van der Waals surface area contributed by atoms with Crippen LogP contribution in [0.1, 0.15) is 10.7 Å². The maximum absolute atomic E-state index is 11.9. The van der Waals surface area contributed by atoms with Gasteiger partial charge in [0.15, 0.2) is 0 Å². The van der Waals surface area contributed by atoms with E-state index in [0.29, 0.717) is 6.54 Å². The molecule has 0 aliphatic rings. The molecule has 1 aromatic carbocycles. The van der Waals surface area contributed by atoms with Crippen LogP contribution in [0.15, 0.2) is 34.5 Å². The monoisotopic (exact) mass is 311 g/mol. The van der Waals surface area contributed by atoms with E-state index in [2.05, 4.69) is 10.3 Å². The molecule has 20 heavy (non-hydrogen) atoms. The Balaban J connectivity index is 2.05. The average Bonchev–Trinajstić information content (AvgIpc) is 2.82. The number of thiazole rings is 1. The van der Waals surface area contributed by atoms with Crippen LogP contribution in [0.3, 0.4) is 0 Å². The Bertz CT molecular complexity index is 676. The molecule has 1 heterocycles. The normalized spacial score (nSPS) is 11.8. The van der Waals surface area contributed by atoms with Crippen LogP contribution in [0.4, 0.5) is 5.69 Å². The molecule has 0 aliphatic carbocycles. The highest BCUT2D eigenvalue weighted by Crippen LogP contribution is 2.17. The first-order valence-corrected chi connectivity index (χ1v) is 8.39. The fourth-order valence-corrected chi connectivity index (χ4v) is 3.23. The average molecular weight is 311 g/mol. The maximum Gasteiger partial charge on any atom is 0.242 e. The highest BCUT2D eigenvalue weighted by atomic mass is 32.2. The van der Waals surface area contributed by atoms with E-state index in [1.165, 1.54) is 18.4 Å². The summed E-state index contributed by atoms with van der Waals surface area (Å²) in [7, 11) is -0.322. The standard InChI is InChI=1S/C13H17N3O2S2/c1-10-9-19-13(15-10)8-14-11-4-6-12(7-5-11)20(17,18)16(2)3/h4-7,9,14H,8H2,1-3H3. The van der Waals surface area contributed by atoms with Gasteiger partial charge in [0.1, 0.15) is 5.01 Å². The summed E-state index contributed by atoms with van der Waals surface area (Å²) in [6, 6.07) is 6.73. The largest absolute Gasteiger partial charge is 0.379 e. The number of hydrogen-bond donors (Lipinski definition) is 1. The third-order valence-electron chi connectivity index (χ3n) is 2.74. The molecule has 2 aromatic rings. The van der Waals surface area contributed by atoms with Crippen LogP contribution in [0.2, 0.25) is 0 Å². The van der Waals surface area contributed by atoms with Gasteiger partial charge in [0, 0.05) is 30.9 Å². The highest BCUT2D eigenvalue weighted by Gasteiger charge is 2.16. The Morgan fingerprint density at radius 3 is 2.40 bits per heavy atom. The van der Waals surface area contributed by atoms with Crippen molar-refractivity contribution in [2.45, 2.75) is 18.4 Å². The predicted molar refractivity (Wildman–Crippen MR) is 81.5 cm³/mol. The Labute approximate surface area is 123 Å². The lowest BCUT2D eigenvalue weighted by Crippen LogP contribution is -2.22. The fraction of sp³-hybridized carbons (Fsp3) is 0.308. The number of aromatic nitrogens is 1. The minimum Gasteiger partial charge on any atom is -0.379 e. The van der Waals surface area contributed by atoms with Crippen molar-refractivity contribution in [3.05, 3.63) is 40.3 Å².